The summed E-state index contributed by atoms with van der Waals surface area (Å²) < 4.78 is 31.2. The molecule has 0 aromatic heterocycles. The zero-order valence-electron chi connectivity index (χ0n) is 9.30. The molecule has 0 bridgehead atoms. The van der Waals surface area contributed by atoms with Gasteiger partial charge in [0.25, 0.3) is 0 Å². The Kier molecular flexibility index (Phi) is 2.77. The number of carbonyl (C=O) groups is 1. The molecule has 1 N–H and O–H groups in total. The van der Waals surface area contributed by atoms with E-state index in [4.69, 9.17) is 9.84 Å². The molecular formula is C12H12F2O3. The van der Waals surface area contributed by atoms with Gasteiger partial charge < -0.3 is 9.84 Å². The lowest BCUT2D eigenvalue weighted by Gasteiger charge is -2.17. The molecular weight excluding hydrogens is 230 g/mol. The van der Waals surface area contributed by atoms with E-state index in [0.717, 1.165) is 12.1 Å². The van der Waals surface area contributed by atoms with E-state index in [1.807, 2.05) is 0 Å². The average molecular weight is 242 g/mol. The molecule has 0 heterocycles. The molecule has 0 amide bonds. The number of methoxy groups -OCH3 is 1. The second-order valence-corrected chi connectivity index (χ2v) is 4.32. The summed E-state index contributed by atoms with van der Waals surface area (Å²) in [6.45, 7) is 0. The number of carboxylic acids is 1. The monoisotopic (exact) mass is 242 g/mol. The predicted octanol–water partition coefficient (Wildman–Crippen LogP) is 2.48. The average Bonchev–Trinajstić information content (AvgIpc) is 3.01. The molecule has 1 fully saturated rings. The lowest BCUT2D eigenvalue weighted by Crippen LogP contribution is -2.14. The number of benzene rings is 1. The quantitative estimate of drug-likeness (QED) is 0.882. The zero-order chi connectivity index (χ0) is 12.6. The second kappa shape index (κ2) is 3.98. The minimum Gasteiger partial charge on any atom is -0.496 e. The first-order valence-corrected chi connectivity index (χ1v) is 5.24. The summed E-state index contributed by atoms with van der Waals surface area (Å²) in [4.78, 5) is 10.8. The van der Waals surface area contributed by atoms with E-state index in [0.29, 0.717) is 18.4 Å². The highest BCUT2D eigenvalue weighted by atomic mass is 19.2. The molecule has 5 heteroatoms. The Hall–Kier alpha value is -1.65. The van der Waals surface area contributed by atoms with Crippen molar-refractivity contribution in [2.75, 3.05) is 7.11 Å². The van der Waals surface area contributed by atoms with Crippen molar-refractivity contribution >= 4 is 5.97 Å². The topological polar surface area (TPSA) is 46.5 Å². The van der Waals surface area contributed by atoms with Crippen molar-refractivity contribution < 1.29 is 23.4 Å². The molecule has 17 heavy (non-hydrogen) atoms. The molecule has 0 spiro atoms. The van der Waals surface area contributed by atoms with Crippen LogP contribution in [0.4, 0.5) is 8.78 Å². The predicted molar refractivity (Wildman–Crippen MR) is 56.1 cm³/mol. The molecule has 1 aliphatic carbocycles. The van der Waals surface area contributed by atoms with E-state index in [1.165, 1.54) is 7.11 Å². The summed E-state index contributed by atoms with van der Waals surface area (Å²) in [6.07, 6.45) is 1.22. The van der Waals surface area contributed by atoms with Crippen LogP contribution in [0.25, 0.3) is 0 Å². The molecule has 1 aliphatic rings. The molecule has 0 radical (unpaired) electrons. The van der Waals surface area contributed by atoms with E-state index in [-0.39, 0.29) is 12.2 Å². The first-order chi connectivity index (χ1) is 7.98. The van der Waals surface area contributed by atoms with Gasteiger partial charge in [0.1, 0.15) is 5.75 Å². The fourth-order valence-corrected chi connectivity index (χ4v) is 2.09. The minimum absolute atomic E-state index is 0.0889. The molecule has 3 nitrogen and oxygen atoms in total. The zero-order valence-corrected chi connectivity index (χ0v) is 9.30. The first kappa shape index (κ1) is 11.8. The van der Waals surface area contributed by atoms with Crippen molar-refractivity contribution in [1.82, 2.24) is 0 Å². The highest BCUT2D eigenvalue weighted by Crippen LogP contribution is 2.54. The fraction of sp³-hybridized carbons (Fsp3) is 0.417. The van der Waals surface area contributed by atoms with E-state index in [1.54, 1.807) is 0 Å². The van der Waals surface area contributed by atoms with Crippen molar-refractivity contribution in [1.29, 1.82) is 0 Å². The van der Waals surface area contributed by atoms with E-state index >= 15 is 0 Å². The van der Waals surface area contributed by atoms with Crippen molar-refractivity contribution in [2.24, 2.45) is 0 Å². The maximum Gasteiger partial charge on any atom is 0.304 e. The Bertz CT molecular complexity index is 467. The van der Waals surface area contributed by atoms with E-state index in [2.05, 4.69) is 0 Å². The first-order valence-electron chi connectivity index (χ1n) is 5.24. The van der Waals surface area contributed by atoms with Crippen LogP contribution in [-0.4, -0.2) is 18.2 Å². The summed E-state index contributed by atoms with van der Waals surface area (Å²) in [7, 11) is 1.35. The molecule has 1 saturated carbocycles. The van der Waals surface area contributed by atoms with E-state index < -0.39 is 23.0 Å². The van der Waals surface area contributed by atoms with Gasteiger partial charge >= 0.3 is 5.97 Å². The molecule has 2 rings (SSSR count). The Balaban J connectivity index is 2.44. The second-order valence-electron chi connectivity index (χ2n) is 4.32. The van der Waals surface area contributed by atoms with E-state index in [9.17, 15) is 13.6 Å². The fourth-order valence-electron chi connectivity index (χ4n) is 2.09. The van der Waals surface area contributed by atoms with Crippen molar-refractivity contribution in [3.05, 3.63) is 29.3 Å². The lowest BCUT2D eigenvalue weighted by atomic mass is 9.91. The van der Waals surface area contributed by atoms with Gasteiger partial charge in [0, 0.05) is 17.0 Å². The smallest absolute Gasteiger partial charge is 0.304 e. The van der Waals surface area contributed by atoms with Crippen LogP contribution in [0.1, 0.15) is 24.8 Å². The highest BCUT2D eigenvalue weighted by Gasteiger charge is 2.48. The molecule has 1 aromatic carbocycles. The number of aliphatic carboxylic acids is 1. The maximum absolute atomic E-state index is 13.2. The van der Waals surface area contributed by atoms with Crippen LogP contribution in [0.3, 0.4) is 0 Å². The van der Waals surface area contributed by atoms with Crippen LogP contribution in [0.2, 0.25) is 0 Å². The van der Waals surface area contributed by atoms with Crippen LogP contribution in [0, 0.1) is 11.6 Å². The third-order valence-corrected chi connectivity index (χ3v) is 3.16. The molecule has 0 atom stereocenters. The summed E-state index contributed by atoms with van der Waals surface area (Å²) in [5.74, 6) is -2.70. The van der Waals surface area contributed by atoms with Crippen molar-refractivity contribution in [3.8, 4) is 5.75 Å². The van der Waals surface area contributed by atoms with Gasteiger partial charge in [-0.3, -0.25) is 4.79 Å². The van der Waals surface area contributed by atoms with Crippen LogP contribution in [0.15, 0.2) is 12.1 Å². The normalized spacial score (nSPS) is 16.6. The number of hydrogen-bond acceptors (Lipinski definition) is 2. The van der Waals surface area contributed by atoms with Crippen molar-refractivity contribution in [3.63, 3.8) is 0 Å². The van der Waals surface area contributed by atoms with Crippen molar-refractivity contribution in [2.45, 2.75) is 24.7 Å². The van der Waals surface area contributed by atoms with Gasteiger partial charge in [-0.1, -0.05) is 0 Å². The Morgan fingerprint density at radius 3 is 2.47 bits per heavy atom. The van der Waals surface area contributed by atoms with Gasteiger partial charge in [-0.05, 0) is 18.9 Å². The van der Waals surface area contributed by atoms with Crippen LogP contribution in [0.5, 0.6) is 5.75 Å². The number of rotatable bonds is 4. The number of carboxylic acid groups (broad SMARTS) is 1. The number of ether oxygens (including phenoxy) is 1. The summed E-state index contributed by atoms with van der Waals surface area (Å²) in [5.41, 5.74) is -0.146. The molecule has 0 saturated heterocycles. The lowest BCUT2D eigenvalue weighted by molar-refractivity contribution is -0.137. The summed E-state index contributed by atoms with van der Waals surface area (Å²) in [6, 6.07) is 2.01. The standard InChI is InChI=1S/C12H12F2O3/c1-17-10-5-9(14)8(13)4-7(10)12(2-3-12)6-11(15)16/h4-5H,2-3,6H2,1H3,(H,15,16). The molecule has 0 aliphatic heterocycles. The maximum atomic E-state index is 13.2. The highest BCUT2D eigenvalue weighted by molar-refractivity contribution is 5.70. The summed E-state index contributed by atoms with van der Waals surface area (Å²) in [5, 5.41) is 8.83. The minimum atomic E-state index is -0.989. The van der Waals surface area contributed by atoms with Gasteiger partial charge in [0.15, 0.2) is 11.6 Å². The Morgan fingerprint density at radius 2 is 2.00 bits per heavy atom. The van der Waals surface area contributed by atoms with Gasteiger partial charge in [-0.2, -0.15) is 0 Å². The molecule has 1 aromatic rings. The largest absolute Gasteiger partial charge is 0.496 e. The summed E-state index contributed by atoms with van der Waals surface area (Å²) >= 11 is 0. The number of hydrogen-bond donors (Lipinski definition) is 1. The van der Waals surface area contributed by atoms with Crippen LogP contribution in [-0.2, 0) is 10.2 Å². The molecule has 92 valence electrons. The van der Waals surface area contributed by atoms with Gasteiger partial charge in [0.2, 0.25) is 0 Å². The molecule has 0 unspecified atom stereocenters. The number of halogens is 2. The third-order valence-electron chi connectivity index (χ3n) is 3.16. The Morgan fingerprint density at radius 1 is 1.41 bits per heavy atom. The van der Waals surface area contributed by atoms with Gasteiger partial charge in [0.05, 0.1) is 13.5 Å². The van der Waals surface area contributed by atoms with Gasteiger partial charge in [-0.25, -0.2) is 8.78 Å². The Labute approximate surface area is 97.0 Å². The third kappa shape index (κ3) is 2.09. The SMILES string of the molecule is COc1cc(F)c(F)cc1C1(CC(=O)O)CC1. The van der Waals surface area contributed by atoms with Crippen LogP contribution < -0.4 is 4.74 Å². The van der Waals surface area contributed by atoms with Gasteiger partial charge in [-0.15, -0.1) is 0 Å². The van der Waals surface area contributed by atoms with Crippen LogP contribution >= 0.6 is 0 Å².